The Kier molecular flexibility index (Phi) is 6.07. The number of amides is 1. The first kappa shape index (κ1) is 20.4. The van der Waals surface area contributed by atoms with Crippen LogP contribution in [0.1, 0.15) is 62.6 Å². The van der Waals surface area contributed by atoms with Crippen LogP contribution >= 0.6 is 0 Å². The molecule has 2 aromatic carbocycles. The average molecular weight is 384 g/mol. The molecule has 0 radical (unpaired) electrons. The number of carbonyl (C=O) groups excluding carboxylic acids is 1. The van der Waals surface area contributed by atoms with Crippen LogP contribution in [-0.2, 0) is 10.2 Å². The summed E-state index contributed by atoms with van der Waals surface area (Å²) < 4.78 is 19.4. The highest BCUT2D eigenvalue weighted by atomic mass is 19.1. The lowest BCUT2D eigenvalue weighted by Crippen LogP contribution is -2.38. The lowest BCUT2D eigenvalue weighted by Gasteiger charge is -2.28. The minimum absolute atomic E-state index is 0.00833. The molecule has 1 fully saturated rings. The Hall–Kier alpha value is -2.36. The first-order chi connectivity index (χ1) is 13.4. The summed E-state index contributed by atoms with van der Waals surface area (Å²) in [6.45, 7) is 8.17. The Morgan fingerprint density at radius 1 is 1.14 bits per heavy atom. The predicted molar refractivity (Wildman–Crippen MR) is 111 cm³/mol. The van der Waals surface area contributed by atoms with Crippen LogP contribution in [-0.4, -0.2) is 12.0 Å². The van der Waals surface area contributed by atoms with Crippen molar-refractivity contribution >= 4 is 11.6 Å². The number of aryl methyl sites for hydroxylation is 2. The van der Waals surface area contributed by atoms with E-state index in [9.17, 15) is 9.18 Å². The monoisotopic (exact) mass is 383 g/mol. The van der Waals surface area contributed by atoms with Crippen molar-refractivity contribution in [1.82, 2.24) is 0 Å². The molecule has 3 nitrogen and oxygen atoms in total. The minimum Gasteiger partial charge on any atom is -0.490 e. The Labute approximate surface area is 167 Å². The van der Waals surface area contributed by atoms with Crippen LogP contribution in [0.2, 0.25) is 0 Å². The summed E-state index contributed by atoms with van der Waals surface area (Å²) in [5.74, 6) is 0.605. The highest BCUT2D eigenvalue weighted by Crippen LogP contribution is 2.42. The van der Waals surface area contributed by atoms with Gasteiger partial charge in [-0.2, -0.15) is 0 Å². The fraction of sp³-hybridized carbons (Fsp3) is 0.458. The molecule has 0 saturated heterocycles. The van der Waals surface area contributed by atoms with Gasteiger partial charge in [0.15, 0.2) is 0 Å². The van der Waals surface area contributed by atoms with Crippen LogP contribution in [0.15, 0.2) is 36.4 Å². The maximum absolute atomic E-state index is 13.4. The van der Waals surface area contributed by atoms with Gasteiger partial charge in [-0.3, -0.25) is 4.79 Å². The Balaban J connectivity index is 1.85. The van der Waals surface area contributed by atoms with E-state index in [2.05, 4.69) is 19.2 Å². The number of hydrogen-bond acceptors (Lipinski definition) is 2. The van der Waals surface area contributed by atoms with Crippen LogP contribution in [0.3, 0.4) is 0 Å². The summed E-state index contributed by atoms with van der Waals surface area (Å²) in [5.41, 5.74) is 3.12. The fourth-order valence-corrected chi connectivity index (χ4v) is 4.14. The molecule has 0 heterocycles. The summed E-state index contributed by atoms with van der Waals surface area (Å²) in [5, 5.41) is 3.13. The van der Waals surface area contributed by atoms with Gasteiger partial charge in [-0.05, 0) is 81.0 Å². The van der Waals surface area contributed by atoms with Crippen molar-refractivity contribution in [3.63, 3.8) is 0 Å². The molecular formula is C24H30FNO2. The van der Waals surface area contributed by atoms with Gasteiger partial charge >= 0.3 is 0 Å². The van der Waals surface area contributed by atoms with Gasteiger partial charge in [0.2, 0.25) is 5.91 Å². The summed E-state index contributed by atoms with van der Waals surface area (Å²) in [6.07, 6.45) is 4.68. The molecule has 28 heavy (non-hydrogen) atoms. The predicted octanol–water partition coefficient (Wildman–Crippen LogP) is 6.07. The third kappa shape index (κ3) is 4.06. The molecule has 2 aromatic rings. The van der Waals surface area contributed by atoms with Gasteiger partial charge in [-0.25, -0.2) is 4.39 Å². The van der Waals surface area contributed by atoms with Crippen LogP contribution < -0.4 is 10.1 Å². The second kappa shape index (κ2) is 8.34. The molecule has 4 heteroatoms. The van der Waals surface area contributed by atoms with Crippen LogP contribution in [0.4, 0.5) is 10.1 Å². The molecule has 1 aliphatic rings. The summed E-state index contributed by atoms with van der Waals surface area (Å²) >= 11 is 0. The van der Waals surface area contributed by atoms with E-state index < -0.39 is 5.41 Å². The summed E-state index contributed by atoms with van der Waals surface area (Å²) in [7, 11) is 0. The lowest BCUT2D eigenvalue weighted by atomic mass is 9.78. The summed E-state index contributed by atoms with van der Waals surface area (Å²) in [6, 6.07) is 10.3. The quantitative estimate of drug-likeness (QED) is 0.657. The highest BCUT2D eigenvalue weighted by molar-refractivity contribution is 5.99. The average Bonchev–Trinajstić information content (AvgIpc) is 3.16. The zero-order valence-corrected chi connectivity index (χ0v) is 17.3. The van der Waals surface area contributed by atoms with E-state index in [1.165, 1.54) is 12.1 Å². The van der Waals surface area contributed by atoms with E-state index >= 15 is 0 Å². The van der Waals surface area contributed by atoms with Gasteiger partial charge in [-0.1, -0.05) is 31.9 Å². The van der Waals surface area contributed by atoms with E-state index in [0.29, 0.717) is 0 Å². The van der Waals surface area contributed by atoms with E-state index in [1.807, 2.05) is 26.0 Å². The smallest absolute Gasteiger partial charge is 0.235 e. The molecule has 0 spiro atoms. The Morgan fingerprint density at radius 3 is 2.25 bits per heavy atom. The van der Waals surface area contributed by atoms with Crippen molar-refractivity contribution < 1.29 is 13.9 Å². The maximum atomic E-state index is 13.4. The normalized spacial score (nSPS) is 16.6. The second-order valence-electron chi connectivity index (χ2n) is 8.03. The van der Waals surface area contributed by atoms with Crippen molar-refractivity contribution in [1.29, 1.82) is 0 Å². The van der Waals surface area contributed by atoms with Gasteiger partial charge in [0, 0.05) is 5.69 Å². The number of benzene rings is 2. The lowest BCUT2D eigenvalue weighted by molar-refractivity contribution is -0.121. The molecule has 1 atom stereocenters. The zero-order chi connectivity index (χ0) is 20.3. The molecule has 0 bridgehead atoms. The number of hydrogen-bond donors (Lipinski definition) is 1. The van der Waals surface area contributed by atoms with Gasteiger partial charge in [0.1, 0.15) is 11.6 Å². The van der Waals surface area contributed by atoms with Gasteiger partial charge in [0.25, 0.3) is 0 Å². The van der Waals surface area contributed by atoms with Gasteiger partial charge in [0.05, 0.1) is 11.5 Å². The first-order valence-corrected chi connectivity index (χ1v) is 10.2. The van der Waals surface area contributed by atoms with E-state index in [1.54, 1.807) is 12.1 Å². The number of rotatable bonds is 6. The Bertz CT molecular complexity index is 815. The molecule has 0 aliphatic heterocycles. The van der Waals surface area contributed by atoms with Gasteiger partial charge in [-0.15, -0.1) is 0 Å². The Morgan fingerprint density at radius 2 is 1.71 bits per heavy atom. The second-order valence-corrected chi connectivity index (χ2v) is 8.03. The SMILES string of the molecule is CC[C@H](C)Oc1c(C)cc(NC(=O)C2(c3ccc(F)cc3)CCCC2)cc1C. The van der Waals surface area contributed by atoms with Crippen LogP contribution in [0.25, 0.3) is 0 Å². The fourth-order valence-electron chi connectivity index (χ4n) is 4.14. The first-order valence-electron chi connectivity index (χ1n) is 10.2. The molecular weight excluding hydrogens is 353 g/mol. The number of nitrogens with one attached hydrogen (secondary N) is 1. The van der Waals surface area contributed by atoms with E-state index in [0.717, 1.165) is 60.2 Å². The number of carbonyl (C=O) groups is 1. The van der Waals surface area contributed by atoms with Crippen LogP contribution in [0.5, 0.6) is 5.75 Å². The molecule has 1 N–H and O–H groups in total. The van der Waals surface area contributed by atoms with E-state index in [4.69, 9.17) is 4.74 Å². The number of ether oxygens (including phenoxy) is 1. The third-order valence-corrected chi connectivity index (χ3v) is 5.90. The molecule has 1 amide bonds. The molecule has 1 saturated carbocycles. The molecule has 0 unspecified atom stereocenters. The molecule has 0 aromatic heterocycles. The van der Waals surface area contributed by atoms with Crippen molar-refractivity contribution in [3.05, 3.63) is 58.9 Å². The largest absolute Gasteiger partial charge is 0.490 e. The molecule has 1 aliphatic carbocycles. The van der Waals surface area contributed by atoms with Gasteiger partial charge < -0.3 is 10.1 Å². The topological polar surface area (TPSA) is 38.3 Å². The van der Waals surface area contributed by atoms with Crippen molar-refractivity contribution in [2.75, 3.05) is 5.32 Å². The summed E-state index contributed by atoms with van der Waals surface area (Å²) in [4.78, 5) is 13.3. The van der Waals surface area contributed by atoms with Crippen molar-refractivity contribution in [2.45, 2.75) is 71.3 Å². The number of halogens is 1. The minimum atomic E-state index is -0.582. The molecule has 150 valence electrons. The third-order valence-electron chi connectivity index (χ3n) is 5.90. The standard InChI is InChI=1S/C24H30FNO2/c1-5-18(4)28-22-16(2)14-21(15-17(22)3)26-23(27)24(12-6-7-13-24)19-8-10-20(25)11-9-19/h8-11,14-15,18H,5-7,12-13H2,1-4H3,(H,26,27)/t18-/m0/s1. The van der Waals surface area contributed by atoms with Crippen molar-refractivity contribution in [2.24, 2.45) is 0 Å². The van der Waals surface area contributed by atoms with Crippen molar-refractivity contribution in [3.8, 4) is 5.75 Å². The zero-order valence-electron chi connectivity index (χ0n) is 17.3. The number of anilines is 1. The van der Waals surface area contributed by atoms with Crippen LogP contribution in [0, 0.1) is 19.7 Å². The molecule has 3 rings (SSSR count). The highest BCUT2D eigenvalue weighted by Gasteiger charge is 2.42. The van der Waals surface area contributed by atoms with E-state index in [-0.39, 0.29) is 17.8 Å². The maximum Gasteiger partial charge on any atom is 0.235 e.